The predicted molar refractivity (Wildman–Crippen MR) is 66.1 cm³/mol. The molecule has 15 heavy (non-hydrogen) atoms. The first-order valence-corrected chi connectivity index (χ1v) is 5.78. The fourth-order valence-electron chi connectivity index (χ4n) is 1.91. The first-order chi connectivity index (χ1) is 7.13. The van der Waals surface area contributed by atoms with E-state index in [1.807, 2.05) is 20.0 Å². The minimum Gasteiger partial charge on any atom is -0.396 e. The van der Waals surface area contributed by atoms with E-state index in [0.29, 0.717) is 0 Å². The lowest BCUT2D eigenvalue weighted by molar-refractivity contribution is 0.269. The number of aryl methyl sites for hydroxylation is 1. The quantitative estimate of drug-likeness (QED) is 0.889. The highest BCUT2D eigenvalue weighted by atomic mass is 79.9. The molecule has 0 aliphatic carbocycles. The Balaban J connectivity index is 2.63. The second kappa shape index (κ2) is 3.99. The van der Waals surface area contributed by atoms with Crippen LogP contribution in [0.5, 0.6) is 0 Å². The fraction of sp³-hybridized carbons (Fsp3) is 0.333. The van der Waals surface area contributed by atoms with Gasteiger partial charge in [-0.05, 0) is 24.3 Å². The molecule has 1 N–H and O–H groups in total. The molecule has 0 bridgehead atoms. The van der Waals surface area contributed by atoms with Crippen LogP contribution in [-0.2, 0) is 7.05 Å². The maximum absolute atomic E-state index is 9.17. The van der Waals surface area contributed by atoms with Gasteiger partial charge >= 0.3 is 0 Å². The highest BCUT2D eigenvalue weighted by Gasteiger charge is 2.11. The maximum Gasteiger partial charge on any atom is 0.0511 e. The van der Waals surface area contributed by atoms with Crippen molar-refractivity contribution in [1.29, 1.82) is 0 Å². The third kappa shape index (κ3) is 1.82. The van der Waals surface area contributed by atoms with Crippen LogP contribution in [-0.4, -0.2) is 16.3 Å². The van der Waals surface area contributed by atoms with Gasteiger partial charge in [0.1, 0.15) is 0 Å². The van der Waals surface area contributed by atoms with Crippen molar-refractivity contribution in [3.8, 4) is 0 Å². The van der Waals surface area contributed by atoms with Crippen molar-refractivity contribution in [3.05, 3.63) is 34.4 Å². The lowest BCUT2D eigenvalue weighted by atomic mass is 10.1. The van der Waals surface area contributed by atoms with Gasteiger partial charge in [-0.25, -0.2) is 0 Å². The summed E-state index contributed by atoms with van der Waals surface area (Å²) >= 11 is 3.46. The molecule has 0 aliphatic heterocycles. The second-order valence-electron chi connectivity index (χ2n) is 3.91. The van der Waals surface area contributed by atoms with Gasteiger partial charge in [0.15, 0.2) is 0 Å². The highest BCUT2D eigenvalue weighted by molar-refractivity contribution is 9.10. The van der Waals surface area contributed by atoms with Gasteiger partial charge in [-0.2, -0.15) is 0 Å². The van der Waals surface area contributed by atoms with Crippen LogP contribution in [0.3, 0.4) is 0 Å². The molecule has 2 aromatic rings. The molecule has 80 valence electrons. The predicted octanol–water partition coefficient (Wildman–Crippen LogP) is 3.04. The molecule has 1 aromatic heterocycles. The van der Waals surface area contributed by atoms with Crippen molar-refractivity contribution in [2.45, 2.75) is 12.8 Å². The van der Waals surface area contributed by atoms with E-state index in [-0.39, 0.29) is 12.5 Å². The van der Waals surface area contributed by atoms with Crippen molar-refractivity contribution in [2.75, 3.05) is 6.61 Å². The zero-order chi connectivity index (χ0) is 11.0. The molecule has 1 unspecified atom stereocenters. The van der Waals surface area contributed by atoms with E-state index in [1.54, 1.807) is 0 Å². The number of fused-ring (bicyclic) bond motifs is 1. The fourth-order valence-corrected chi connectivity index (χ4v) is 2.29. The largest absolute Gasteiger partial charge is 0.396 e. The Morgan fingerprint density at radius 3 is 2.80 bits per heavy atom. The van der Waals surface area contributed by atoms with Gasteiger partial charge in [0.05, 0.1) is 6.61 Å². The summed E-state index contributed by atoms with van der Waals surface area (Å²) in [5.41, 5.74) is 2.37. The summed E-state index contributed by atoms with van der Waals surface area (Å²) < 4.78 is 3.23. The molecule has 0 fully saturated rings. The Bertz CT molecular complexity index is 490. The molecule has 0 saturated carbocycles. The van der Waals surface area contributed by atoms with Crippen LogP contribution in [0.4, 0.5) is 0 Å². The molecule has 2 nitrogen and oxygen atoms in total. The number of halogens is 1. The van der Waals surface area contributed by atoms with Crippen molar-refractivity contribution in [1.82, 2.24) is 4.57 Å². The minimum atomic E-state index is 0.182. The van der Waals surface area contributed by atoms with Crippen LogP contribution in [0.1, 0.15) is 18.5 Å². The summed E-state index contributed by atoms with van der Waals surface area (Å²) in [6.07, 6.45) is 0. The Morgan fingerprint density at radius 2 is 2.13 bits per heavy atom. The molecule has 1 heterocycles. The van der Waals surface area contributed by atoms with Gasteiger partial charge in [-0.3, -0.25) is 0 Å². The average molecular weight is 268 g/mol. The molecular weight excluding hydrogens is 254 g/mol. The van der Waals surface area contributed by atoms with Crippen molar-refractivity contribution in [2.24, 2.45) is 7.05 Å². The van der Waals surface area contributed by atoms with Crippen LogP contribution >= 0.6 is 15.9 Å². The van der Waals surface area contributed by atoms with E-state index in [2.05, 4.69) is 38.7 Å². The number of hydrogen-bond donors (Lipinski definition) is 1. The highest BCUT2D eigenvalue weighted by Crippen LogP contribution is 2.26. The second-order valence-corrected chi connectivity index (χ2v) is 4.83. The Labute approximate surface area is 97.7 Å². The SMILES string of the molecule is CC(CO)c1cc2cc(Br)ccc2n1C. The average Bonchev–Trinajstić information content (AvgIpc) is 2.54. The van der Waals surface area contributed by atoms with Gasteiger partial charge in [-0.15, -0.1) is 0 Å². The Kier molecular flexibility index (Phi) is 2.85. The van der Waals surface area contributed by atoms with E-state index in [9.17, 15) is 0 Å². The van der Waals surface area contributed by atoms with Crippen LogP contribution in [0.2, 0.25) is 0 Å². The summed E-state index contributed by atoms with van der Waals surface area (Å²) in [6, 6.07) is 8.37. The normalized spacial score (nSPS) is 13.3. The van der Waals surface area contributed by atoms with Gasteiger partial charge in [-0.1, -0.05) is 22.9 Å². The summed E-state index contributed by atoms with van der Waals surface area (Å²) in [7, 11) is 2.04. The van der Waals surface area contributed by atoms with Gasteiger partial charge in [0, 0.05) is 34.0 Å². The minimum absolute atomic E-state index is 0.182. The van der Waals surface area contributed by atoms with E-state index >= 15 is 0 Å². The molecule has 1 aromatic carbocycles. The number of aromatic nitrogens is 1. The third-order valence-corrected chi connectivity index (χ3v) is 3.31. The summed E-state index contributed by atoms with van der Waals surface area (Å²) in [4.78, 5) is 0. The van der Waals surface area contributed by atoms with Gasteiger partial charge in [0.25, 0.3) is 0 Å². The summed E-state index contributed by atoms with van der Waals surface area (Å²) in [5, 5.41) is 10.4. The van der Waals surface area contributed by atoms with E-state index < -0.39 is 0 Å². The number of benzene rings is 1. The maximum atomic E-state index is 9.17. The lowest BCUT2D eigenvalue weighted by Gasteiger charge is -2.09. The smallest absolute Gasteiger partial charge is 0.0511 e. The lowest BCUT2D eigenvalue weighted by Crippen LogP contribution is -2.04. The molecule has 0 saturated heterocycles. The Hall–Kier alpha value is -0.800. The first kappa shape index (κ1) is 10.7. The molecule has 3 heteroatoms. The van der Waals surface area contributed by atoms with Crippen molar-refractivity contribution in [3.63, 3.8) is 0 Å². The van der Waals surface area contributed by atoms with Crippen molar-refractivity contribution < 1.29 is 5.11 Å². The monoisotopic (exact) mass is 267 g/mol. The van der Waals surface area contributed by atoms with Crippen molar-refractivity contribution >= 4 is 26.8 Å². The molecule has 0 spiro atoms. The number of aliphatic hydroxyl groups is 1. The summed E-state index contributed by atoms with van der Waals surface area (Å²) in [5.74, 6) is 0.182. The third-order valence-electron chi connectivity index (χ3n) is 2.82. The Morgan fingerprint density at radius 1 is 1.40 bits per heavy atom. The van der Waals surface area contributed by atoms with Gasteiger partial charge in [0.2, 0.25) is 0 Å². The molecule has 1 atom stereocenters. The van der Waals surface area contributed by atoms with E-state index in [4.69, 9.17) is 5.11 Å². The van der Waals surface area contributed by atoms with E-state index in [0.717, 1.165) is 4.47 Å². The number of nitrogens with zero attached hydrogens (tertiary/aromatic N) is 1. The molecule has 0 aliphatic rings. The van der Waals surface area contributed by atoms with E-state index in [1.165, 1.54) is 16.6 Å². The zero-order valence-electron chi connectivity index (χ0n) is 8.87. The molecule has 2 rings (SSSR count). The molecule has 0 amide bonds. The van der Waals surface area contributed by atoms with Crippen LogP contribution < -0.4 is 0 Å². The van der Waals surface area contributed by atoms with Crippen LogP contribution in [0.25, 0.3) is 10.9 Å². The van der Waals surface area contributed by atoms with Gasteiger partial charge < -0.3 is 9.67 Å². The topological polar surface area (TPSA) is 25.2 Å². The zero-order valence-corrected chi connectivity index (χ0v) is 10.5. The summed E-state index contributed by atoms with van der Waals surface area (Å²) in [6.45, 7) is 2.22. The molecular formula is C12H14BrNO. The molecule has 0 radical (unpaired) electrons. The number of aliphatic hydroxyl groups excluding tert-OH is 1. The number of rotatable bonds is 2. The first-order valence-electron chi connectivity index (χ1n) is 4.99. The van der Waals surface area contributed by atoms with Crippen LogP contribution in [0.15, 0.2) is 28.7 Å². The van der Waals surface area contributed by atoms with Crippen LogP contribution in [0, 0.1) is 0 Å². The number of hydrogen-bond acceptors (Lipinski definition) is 1. The standard InChI is InChI=1S/C12H14BrNO/c1-8(7-15)12-6-9-5-10(13)3-4-11(9)14(12)2/h3-6,8,15H,7H2,1-2H3.